The predicted molar refractivity (Wildman–Crippen MR) is 212 cm³/mol. The Bertz CT molecular complexity index is 1320. The van der Waals surface area contributed by atoms with Gasteiger partial charge in [0, 0.05) is 68.4 Å². The van der Waals surface area contributed by atoms with Gasteiger partial charge in [0.05, 0.1) is 6.42 Å². The van der Waals surface area contributed by atoms with E-state index in [-0.39, 0.29) is 104 Å². The summed E-state index contributed by atoms with van der Waals surface area (Å²) >= 11 is 0. The molecule has 306 valence electrons. The van der Waals surface area contributed by atoms with Gasteiger partial charge in [0.25, 0.3) is 0 Å². The lowest BCUT2D eigenvalue weighted by atomic mass is 9.97. The standard InChI is InChI=1S/C41H70N6O7/c1-25(2)16-32(45-36(48)18-29(9)43-39(51)22-34(42)27(5)6)20-38(50)47-35(28(7)8)23-40(52)44-30(10)19-37(49)46-33(17-26(3)4)21-41(53)54-24-31-14-12-11-13-15-31/h11-15,25-30,32-35H,16-24,42H2,1-10H3,(H,43,51)(H,44,52)(H,45,48)(H,46,49)(H,47,50)/t29-,30-,32-,33-,34+,35+/m0/s1. The SMILES string of the molecule is CC(C)C[C@@H](CC(=O)N[C@H](CC(=O)N[C@@H](C)CC(=O)N[C@H](CC(=O)OCc1ccccc1)CC(C)C)C(C)C)NC(=O)C[C@H](C)NC(=O)C[C@@H](N)C(C)C. The van der Waals surface area contributed by atoms with Gasteiger partial charge in [0.2, 0.25) is 29.5 Å². The van der Waals surface area contributed by atoms with Crippen LogP contribution in [0, 0.1) is 23.7 Å². The minimum Gasteiger partial charge on any atom is -0.461 e. The Balaban J connectivity index is 2.67. The maximum absolute atomic E-state index is 13.2. The summed E-state index contributed by atoms with van der Waals surface area (Å²) in [6, 6.07) is 6.92. The first-order chi connectivity index (χ1) is 25.2. The van der Waals surface area contributed by atoms with Gasteiger partial charge in [-0.1, -0.05) is 85.7 Å². The molecule has 0 aliphatic rings. The highest BCUT2D eigenvalue weighted by molar-refractivity contribution is 5.83. The van der Waals surface area contributed by atoms with Crippen LogP contribution in [0.15, 0.2) is 30.3 Å². The third-order valence-corrected chi connectivity index (χ3v) is 8.96. The van der Waals surface area contributed by atoms with Crippen molar-refractivity contribution in [2.75, 3.05) is 0 Å². The number of hydrogen-bond acceptors (Lipinski definition) is 8. The number of carbonyl (C=O) groups excluding carboxylic acids is 6. The fourth-order valence-electron chi connectivity index (χ4n) is 6.01. The van der Waals surface area contributed by atoms with Crippen molar-refractivity contribution in [3.05, 3.63) is 35.9 Å². The van der Waals surface area contributed by atoms with Gasteiger partial charge < -0.3 is 37.1 Å². The zero-order valence-corrected chi connectivity index (χ0v) is 34.5. The van der Waals surface area contributed by atoms with Gasteiger partial charge in [-0.15, -0.1) is 0 Å². The lowest BCUT2D eigenvalue weighted by molar-refractivity contribution is -0.145. The molecular formula is C41H70N6O7. The van der Waals surface area contributed by atoms with E-state index >= 15 is 0 Å². The highest BCUT2D eigenvalue weighted by Crippen LogP contribution is 2.14. The highest BCUT2D eigenvalue weighted by atomic mass is 16.5. The van der Waals surface area contributed by atoms with Gasteiger partial charge in [-0.05, 0) is 55.9 Å². The molecule has 0 saturated carbocycles. The molecular weight excluding hydrogens is 688 g/mol. The number of esters is 1. The van der Waals surface area contributed by atoms with Crippen LogP contribution < -0.4 is 32.3 Å². The summed E-state index contributed by atoms with van der Waals surface area (Å²) in [7, 11) is 0. The van der Waals surface area contributed by atoms with Gasteiger partial charge >= 0.3 is 5.97 Å². The van der Waals surface area contributed by atoms with Crippen LogP contribution in [0.3, 0.4) is 0 Å². The normalized spacial score (nSPS) is 14.8. The number of carbonyl (C=O) groups is 6. The van der Waals surface area contributed by atoms with Crippen molar-refractivity contribution >= 4 is 35.5 Å². The summed E-state index contributed by atoms with van der Waals surface area (Å²) in [6.45, 7) is 19.4. The fourth-order valence-corrected chi connectivity index (χ4v) is 6.01. The second-order valence-corrected chi connectivity index (χ2v) is 16.4. The maximum atomic E-state index is 13.2. The second-order valence-electron chi connectivity index (χ2n) is 16.4. The minimum atomic E-state index is -0.490. The van der Waals surface area contributed by atoms with Gasteiger partial charge in [0.1, 0.15) is 6.61 Å². The molecule has 7 N–H and O–H groups in total. The first-order valence-electron chi connectivity index (χ1n) is 19.7. The van der Waals surface area contributed by atoms with Gasteiger partial charge in [-0.2, -0.15) is 0 Å². The summed E-state index contributed by atoms with van der Waals surface area (Å²) in [5.41, 5.74) is 6.88. The van der Waals surface area contributed by atoms with Crippen molar-refractivity contribution in [2.24, 2.45) is 29.4 Å². The van der Waals surface area contributed by atoms with Crippen LogP contribution in [0.4, 0.5) is 0 Å². The maximum Gasteiger partial charge on any atom is 0.308 e. The smallest absolute Gasteiger partial charge is 0.308 e. The summed E-state index contributed by atoms with van der Waals surface area (Å²) in [6.07, 6.45) is 1.51. The third-order valence-electron chi connectivity index (χ3n) is 8.96. The second kappa shape index (κ2) is 25.1. The van der Waals surface area contributed by atoms with Crippen molar-refractivity contribution < 1.29 is 33.5 Å². The first kappa shape index (κ1) is 48.0. The number of nitrogens with two attached hydrogens (primary N) is 1. The van der Waals surface area contributed by atoms with E-state index in [0.29, 0.717) is 12.8 Å². The molecule has 0 unspecified atom stereocenters. The van der Waals surface area contributed by atoms with E-state index in [1.807, 2.05) is 85.7 Å². The van der Waals surface area contributed by atoms with E-state index in [0.717, 1.165) is 5.56 Å². The Hall–Kier alpha value is -4.00. The molecule has 0 bridgehead atoms. The fraction of sp³-hybridized carbons (Fsp3) is 0.707. The van der Waals surface area contributed by atoms with Crippen molar-refractivity contribution in [3.8, 4) is 0 Å². The van der Waals surface area contributed by atoms with Crippen LogP contribution in [-0.2, 0) is 40.1 Å². The van der Waals surface area contributed by atoms with E-state index in [2.05, 4.69) is 26.6 Å². The van der Waals surface area contributed by atoms with Crippen molar-refractivity contribution in [2.45, 2.75) is 163 Å². The predicted octanol–water partition coefficient (Wildman–Crippen LogP) is 4.27. The average molecular weight is 759 g/mol. The monoisotopic (exact) mass is 759 g/mol. The van der Waals surface area contributed by atoms with Crippen LogP contribution in [-0.4, -0.2) is 71.8 Å². The lowest BCUT2D eigenvalue weighted by Crippen LogP contribution is -2.47. The van der Waals surface area contributed by atoms with Crippen LogP contribution >= 0.6 is 0 Å². The molecule has 0 heterocycles. The molecule has 0 saturated heterocycles. The Morgan fingerprint density at radius 1 is 0.537 bits per heavy atom. The molecule has 13 nitrogen and oxygen atoms in total. The molecule has 54 heavy (non-hydrogen) atoms. The molecule has 1 aromatic carbocycles. The number of rotatable bonds is 25. The molecule has 1 aromatic rings. The Kier molecular flexibility index (Phi) is 22.4. The Morgan fingerprint density at radius 2 is 0.981 bits per heavy atom. The summed E-state index contributed by atoms with van der Waals surface area (Å²) in [5, 5.41) is 14.6. The largest absolute Gasteiger partial charge is 0.461 e. The molecule has 1 rings (SSSR count). The van der Waals surface area contributed by atoms with Crippen molar-refractivity contribution in [3.63, 3.8) is 0 Å². The van der Waals surface area contributed by atoms with E-state index in [4.69, 9.17) is 10.5 Å². The zero-order valence-electron chi connectivity index (χ0n) is 34.5. The van der Waals surface area contributed by atoms with E-state index in [1.165, 1.54) is 0 Å². The lowest BCUT2D eigenvalue weighted by Gasteiger charge is -2.26. The zero-order chi connectivity index (χ0) is 41.0. The molecule has 0 aromatic heterocycles. The minimum absolute atomic E-state index is 0.0114. The van der Waals surface area contributed by atoms with Crippen LogP contribution in [0.5, 0.6) is 0 Å². The first-order valence-corrected chi connectivity index (χ1v) is 19.7. The summed E-state index contributed by atoms with van der Waals surface area (Å²) in [4.78, 5) is 77.0. The quantitative estimate of drug-likeness (QED) is 0.0795. The molecule has 0 radical (unpaired) electrons. The van der Waals surface area contributed by atoms with E-state index < -0.39 is 36.2 Å². The third kappa shape index (κ3) is 22.3. The van der Waals surface area contributed by atoms with Gasteiger partial charge in [0.15, 0.2) is 0 Å². The van der Waals surface area contributed by atoms with Crippen molar-refractivity contribution in [1.82, 2.24) is 26.6 Å². The molecule has 6 atom stereocenters. The van der Waals surface area contributed by atoms with Gasteiger partial charge in [-0.25, -0.2) is 0 Å². The summed E-state index contributed by atoms with van der Waals surface area (Å²) < 4.78 is 5.42. The Labute approximate surface area is 323 Å². The molecule has 0 fully saturated rings. The number of ether oxygens (including phenoxy) is 1. The summed E-state index contributed by atoms with van der Waals surface area (Å²) in [5.74, 6) is -1.23. The average Bonchev–Trinajstić information content (AvgIpc) is 3.02. The van der Waals surface area contributed by atoms with Crippen molar-refractivity contribution in [1.29, 1.82) is 0 Å². The highest BCUT2D eigenvalue weighted by Gasteiger charge is 2.26. The molecule has 0 spiro atoms. The number of hydrogen-bond donors (Lipinski definition) is 6. The molecule has 0 aliphatic heterocycles. The van der Waals surface area contributed by atoms with E-state index in [1.54, 1.807) is 13.8 Å². The molecule has 0 aliphatic carbocycles. The molecule has 5 amide bonds. The molecule has 13 heteroatoms. The Morgan fingerprint density at radius 3 is 1.44 bits per heavy atom. The van der Waals surface area contributed by atoms with Crippen LogP contribution in [0.2, 0.25) is 0 Å². The number of amides is 5. The topological polar surface area (TPSA) is 198 Å². The van der Waals surface area contributed by atoms with E-state index in [9.17, 15) is 28.8 Å². The van der Waals surface area contributed by atoms with Gasteiger partial charge in [-0.3, -0.25) is 28.8 Å². The number of nitrogens with one attached hydrogen (secondary N) is 5. The number of benzene rings is 1. The van der Waals surface area contributed by atoms with Crippen LogP contribution in [0.1, 0.15) is 126 Å². The van der Waals surface area contributed by atoms with Crippen LogP contribution in [0.25, 0.3) is 0 Å².